The first-order valence-electron chi connectivity index (χ1n) is 6.61. The number of nitrogens with zero attached hydrogens (tertiary/aromatic N) is 2. The van der Waals surface area contributed by atoms with Crippen LogP contribution in [0.25, 0.3) is 6.08 Å². The van der Waals surface area contributed by atoms with Gasteiger partial charge in [-0.3, -0.25) is 4.98 Å². The second-order valence-electron chi connectivity index (χ2n) is 4.55. The third-order valence-corrected chi connectivity index (χ3v) is 3.07. The lowest BCUT2D eigenvalue weighted by Gasteiger charge is -2.04. The second-order valence-corrected chi connectivity index (χ2v) is 4.55. The van der Waals surface area contributed by atoms with E-state index >= 15 is 0 Å². The molecule has 0 aliphatic carbocycles. The maximum Gasteiger partial charge on any atom is 0.0927 e. The first kappa shape index (κ1) is 12.6. The van der Waals surface area contributed by atoms with Gasteiger partial charge in [0.2, 0.25) is 0 Å². The molecule has 1 aliphatic heterocycles. The number of nitrogens with one attached hydrogen (secondary N) is 2. The second kappa shape index (κ2) is 6.12. The molecule has 4 heteroatoms. The largest absolute Gasteiger partial charge is 0.346 e. The molecule has 0 bridgehead atoms. The van der Waals surface area contributed by atoms with Crippen molar-refractivity contribution in [3.63, 3.8) is 0 Å². The Labute approximate surface area is 118 Å². The number of hydrogen-bond donors (Lipinski definition) is 2. The van der Waals surface area contributed by atoms with Gasteiger partial charge in [0, 0.05) is 25.0 Å². The number of para-hydroxylation sites is 1. The molecule has 20 heavy (non-hydrogen) atoms. The van der Waals surface area contributed by atoms with E-state index < -0.39 is 0 Å². The number of fused-ring (bicyclic) bond motifs is 1. The highest BCUT2D eigenvalue weighted by atomic mass is 15.0. The summed E-state index contributed by atoms with van der Waals surface area (Å²) < 4.78 is 0. The number of aliphatic imine (C=N–C) groups is 1. The molecule has 0 saturated heterocycles. The summed E-state index contributed by atoms with van der Waals surface area (Å²) in [6.45, 7) is 1.45. The van der Waals surface area contributed by atoms with Crippen molar-refractivity contribution in [3.8, 4) is 0 Å². The Morgan fingerprint density at radius 3 is 2.80 bits per heavy atom. The lowest BCUT2D eigenvalue weighted by Crippen LogP contribution is -2.16. The maximum atomic E-state index is 4.41. The minimum atomic E-state index is 0.711. The molecule has 4 nitrogen and oxygen atoms in total. The van der Waals surface area contributed by atoms with E-state index in [0.29, 0.717) is 6.54 Å². The van der Waals surface area contributed by atoms with Gasteiger partial charge in [0.1, 0.15) is 0 Å². The Balaban J connectivity index is 1.64. The van der Waals surface area contributed by atoms with E-state index in [-0.39, 0.29) is 0 Å². The van der Waals surface area contributed by atoms with Gasteiger partial charge in [-0.05, 0) is 29.8 Å². The molecule has 0 atom stereocenters. The molecule has 2 aromatic rings. The van der Waals surface area contributed by atoms with Gasteiger partial charge >= 0.3 is 0 Å². The van der Waals surface area contributed by atoms with Gasteiger partial charge in [-0.2, -0.15) is 0 Å². The van der Waals surface area contributed by atoms with Crippen molar-refractivity contribution in [3.05, 3.63) is 65.6 Å². The number of hydrogen-bond acceptors (Lipinski definition) is 4. The lowest BCUT2D eigenvalue weighted by atomic mass is 10.1. The van der Waals surface area contributed by atoms with Gasteiger partial charge < -0.3 is 10.6 Å². The molecule has 0 fully saturated rings. The van der Waals surface area contributed by atoms with Crippen molar-refractivity contribution < 1.29 is 0 Å². The van der Waals surface area contributed by atoms with E-state index in [1.165, 1.54) is 0 Å². The average Bonchev–Trinajstić information content (AvgIpc) is 2.70. The zero-order chi connectivity index (χ0) is 13.6. The molecule has 100 valence electrons. The molecule has 2 heterocycles. The van der Waals surface area contributed by atoms with Gasteiger partial charge in [-0.15, -0.1) is 0 Å². The van der Waals surface area contributed by atoms with Crippen LogP contribution in [0.2, 0.25) is 0 Å². The zero-order valence-electron chi connectivity index (χ0n) is 11.1. The van der Waals surface area contributed by atoms with Crippen molar-refractivity contribution in [2.75, 3.05) is 11.9 Å². The van der Waals surface area contributed by atoms with Gasteiger partial charge in [-0.1, -0.05) is 24.3 Å². The number of benzene rings is 1. The summed E-state index contributed by atoms with van der Waals surface area (Å²) in [5.74, 6) is 0. The SMILES string of the molecule is C1=NC(CNCc2ccccn2)=Cc2ccccc2N1. The van der Waals surface area contributed by atoms with E-state index in [4.69, 9.17) is 0 Å². The highest BCUT2D eigenvalue weighted by molar-refractivity contribution is 5.84. The Morgan fingerprint density at radius 1 is 1.00 bits per heavy atom. The van der Waals surface area contributed by atoms with Crippen LogP contribution in [-0.2, 0) is 6.54 Å². The molecule has 0 radical (unpaired) electrons. The maximum absolute atomic E-state index is 4.41. The van der Waals surface area contributed by atoms with Gasteiger partial charge in [-0.25, -0.2) is 4.99 Å². The summed E-state index contributed by atoms with van der Waals surface area (Å²) >= 11 is 0. The third kappa shape index (κ3) is 3.10. The van der Waals surface area contributed by atoms with Crippen LogP contribution >= 0.6 is 0 Å². The first-order valence-corrected chi connectivity index (χ1v) is 6.61. The van der Waals surface area contributed by atoms with E-state index in [1.807, 2.05) is 36.4 Å². The van der Waals surface area contributed by atoms with Gasteiger partial charge in [0.25, 0.3) is 0 Å². The van der Waals surface area contributed by atoms with Crippen molar-refractivity contribution in [2.24, 2.45) is 4.99 Å². The molecule has 1 aromatic carbocycles. The first-order chi connectivity index (χ1) is 9.92. The van der Waals surface area contributed by atoms with Crippen molar-refractivity contribution in [2.45, 2.75) is 6.54 Å². The van der Waals surface area contributed by atoms with Crippen molar-refractivity contribution in [1.29, 1.82) is 0 Å². The molecule has 0 spiro atoms. The van der Waals surface area contributed by atoms with E-state index in [9.17, 15) is 0 Å². The molecule has 2 N–H and O–H groups in total. The molecular weight excluding hydrogens is 248 g/mol. The molecule has 3 rings (SSSR count). The van der Waals surface area contributed by atoms with Crippen LogP contribution < -0.4 is 10.6 Å². The van der Waals surface area contributed by atoms with Crippen LogP contribution in [-0.4, -0.2) is 17.9 Å². The smallest absolute Gasteiger partial charge is 0.0927 e. The van der Waals surface area contributed by atoms with Crippen molar-refractivity contribution in [1.82, 2.24) is 10.3 Å². The summed E-state index contributed by atoms with van der Waals surface area (Å²) in [5, 5.41) is 6.54. The normalized spacial score (nSPS) is 13.1. The Kier molecular flexibility index (Phi) is 3.85. The Bertz CT molecular complexity index is 632. The number of anilines is 1. The van der Waals surface area contributed by atoms with Crippen LogP contribution in [0, 0.1) is 0 Å². The fourth-order valence-corrected chi connectivity index (χ4v) is 2.07. The summed E-state index contributed by atoms with van der Waals surface area (Å²) in [4.78, 5) is 8.69. The predicted molar refractivity (Wildman–Crippen MR) is 82.5 cm³/mol. The Morgan fingerprint density at radius 2 is 1.90 bits per heavy atom. The molecule has 1 aliphatic rings. The van der Waals surface area contributed by atoms with Crippen LogP contribution in [0.4, 0.5) is 5.69 Å². The lowest BCUT2D eigenvalue weighted by molar-refractivity contribution is 0.721. The standard InChI is InChI=1S/C16H16N4/c1-2-7-16-13(5-1)9-15(19-12-20-16)11-17-10-14-6-3-4-8-18-14/h1-9,12,17H,10-11H2,(H,19,20). The third-order valence-electron chi connectivity index (χ3n) is 3.07. The predicted octanol–water partition coefficient (Wildman–Crippen LogP) is 2.67. The van der Waals surface area contributed by atoms with Crippen LogP contribution in [0.15, 0.2) is 59.4 Å². The molecular formula is C16H16N4. The van der Waals surface area contributed by atoms with E-state index in [2.05, 4.69) is 32.8 Å². The number of aromatic nitrogens is 1. The summed E-state index contributed by atoms with van der Waals surface area (Å²) in [6.07, 6.45) is 5.64. The highest BCUT2D eigenvalue weighted by Gasteiger charge is 2.04. The molecule has 0 unspecified atom stereocenters. The topological polar surface area (TPSA) is 49.3 Å². The molecule has 0 amide bonds. The molecule has 1 aromatic heterocycles. The van der Waals surface area contributed by atoms with Gasteiger partial charge in [0.05, 0.1) is 17.7 Å². The minimum absolute atomic E-state index is 0.711. The summed E-state index contributed by atoms with van der Waals surface area (Å²) in [7, 11) is 0. The van der Waals surface area contributed by atoms with E-state index in [0.717, 1.165) is 29.2 Å². The summed E-state index contributed by atoms with van der Waals surface area (Å²) in [6, 6.07) is 14.1. The summed E-state index contributed by atoms with van der Waals surface area (Å²) in [5.41, 5.74) is 4.26. The number of pyridine rings is 1. The minimum Gasteiger partial charge on any atom is -0.346 e. The Hall–Kier alpha value is -2.46. The van der Waals surface area contributed by atoms with Crippen molar-refractivity contribution >= 4 is 18.1 Å². The van der Waals surface area contributed by atoms with Crippen LogP contribution in [0.3, 0.4) is 0 Å². The van der Waals surface area contributed by atoms with Crippen LogP contribution in [0.5, 0.6) is 0 Å². The molecule has 0 saturated carbocycles. The highest BCUT2D eigenvalue weighted by Crippen LogP contribution is 2.20. The fourth-order valence-electron chi connectivity index (χ4n) is 2.07. The van der Waals surface area contributed by atoms with E-state index in [1.54, 1.807) is 12.5 Å². The zero-order valence-corrected chi connectivity index (χ0v) is 11.1. The fraction of sp³-hybridized carbons (Fsp3) is 0.125. The quantitative estimate of drug-likeness (QED) is 0.892. The van der Waals surface area contributed by atoms with Gasteiger partial charge in [0.15, 0.2) is 0 Å². The average molecular weight is 264 g/mol. The monoisotopic (exact) mass is 264 g/mol. The van der Waals surface area contributed by atoms with Crippen LogP contribution in [0.1, 0.15) is 11.3 Å². The number of rotatable bonds is 4.